The van der Waals surface area contributed by atoms with Gasteiger partial charge < -0.3 is 20.5 Å². The lowest BCUT2D eigenvalue weighted by molar-refractivity contribution is 0.351. The van der Waals surface area contributed by atoms with Gasteiger partial charge in [-0.25, -0.2) is 0 Å². The van der Waals surface area contributed by atoms with Crippen LogP contribution in [0, 0.1) is 5.92 Å². The number of benzene rings is 1. The van der Waals surface area contributed by atoms with E-state index in [1.54, 1.807) is 14.2 Å². The van der Waals surface area contributed by atoms with Crippen LogP contribution in [-0.4, -0.2) is 26.8 Å². The zero-order valence-corrected chi connectivity index (χ0v) is 12.7. The molecule has 0 amide bonds. The summed E-state index contributed by atoms with van der Waals surface area (Å²) < 4.78 is 10.6. The molecule has 112 valence electrons. The Bertz CT molecular complexity index is 436. The molecule has 2 rings (SSSR count). The average Bonchev–Trinajstić information content (AvgIpc) is 2.93. The predicted octanol–water partition coefficient (Wildman–Crippen LogP) is 2.48. The van der Waals surface area contributed by atoms with Crippen LogP contribution in [0.1, 0.15) is 37.8 Å². The third-order valence-corrected chi connectivity index (χ3v) is 4.33. The highest BCUT2D eigenvalue weighted by atomic mass is 16.5. The number of rotatable bonds is 6. The molecule has 0 aromatic heterocycles. The van der Waals surface area contributed by atoms with Crippen molar-refractivity contribution >= 4 is 0 Å². The van der Waals surface area contributed by atoms with Crippen LogP contribution < -0.4 is 20.5 Å². The number of nitrogens with two attached hydrogens (primary N) is 1. The summed E-state index contributed by atoms with van der Waals surface area (Å²) in [4.78, 5) is 0. The Balaban J connectivity index is 2.07. The Morgan fingerprint density at radius 2 is 2.00 bits per heavy atom. The molecule has 0 heterocycles. The fraction of sp³-hybridized carbons (Fsp3) is 0.625. The molecule has 1 aliphatic rings. The monoisotopic (exact) mass is 278 g/mol. The molecular formula is C16H26N2O2. The number of hydrogen-bond donors (Lipinski definition) is 2. The maximum atomic E-state index is 5.85. The first-order valence-corrected chi connectivity index (χ1v) is 7.37. The van der Waals surface area contributed by atoms with Crippen LogP contribution >= 0.6 is 0 Å². The van der Waals surface area contributed by atoms with E-state index in [1.807, 2.05) is 12.1 Å². The minimum Gasteiger partial charge on any atom is -0.493 e. The number of ether oxygens (including phenoxy) is 2. The molecule has 4 heteroatoms. The van der Waals surface area contributed by atoms with Crippen LogP contribution in [0.15, 0.2) is 18.2 Å². The fourth-order valence-corrected chi connectivity index (χ4v) is 3.08. The zero-order valence-electron chi connectivity index (χ0n) is 12.7. The van der Waals surface area contributed by atoms with Gasteiger partial charge in [-0.2, -0.15) is 0 Å². The predicted molar refractivity (Wildman–Crippen MR) is 81.3 cm³/mol. The molecule has 3 N–H and O–H groups in total. The van der Waals surface area contributed by atoms with Gasteiger partial charge in [-0.15, -0.1) is 0 Å². The molecule has 4 nitrogen and oxygen atoms in total. The molecule has 1 aromatic rings. The minimum absolute atomic E-state index is 0.284. The van der Waals surface area contributed by atoms with E-state index in [1.165, 1.54) is 24.8 Å². The third kappa shape index (κ3) is 3.25. The SMILES string of the molecule is COc1ccc(C(C)NC2CCCC2CN)cc1OC. The summed E-state index contributed by atoms with van der Waals surface area (Å²) in [5.74, 6) is 2.15. The molecule has 3 unspecified atom stereocenters. The molecule has 1 aromatic carbocycles. The summed E-state index contributed by atoms with van der Waals surface area (Å²) in [6.45, 7) is 2.96. The van der Waals surface area contributed by atoms with Crippen molar-refractivity contribution in [3.8, 4) is 11.5 Å². The molecule has 0 bridgehead atoms. The molecule has 1 fully saturated rings. The van der Waals surface area contributed by atoms with Crippen molar-refractivity contribution in [1.82, 2.24) is 5.32 Å². The van der Waals surface area contributed by atoms with Crippen LogP contribution in [0.5, 0.6) is 11.5 Å². The molecule has 0 radical (unpaired) electrons. The Kier molecular flexibility index (Phi) is 5.26. The number of nitrogens with one attached hydrogen (secondary N) is 1. The van der Waals surface area contributed by atoms with E-state index in [2.05, 4.69) is 18.3 Å². The molecule has 1 saturated carbocycles. The van der Waals surface area contributed by atoms with Crippen molar-refractivity contribution in [2.75, 3.05) is 20.8 Å². The Morgan fingerprint density at radius 1 is 1.25 bits per heavy atom. The van der Waals surface area contributed by atoms with Gasteiger partial charge in [0.1, 0.15) is 0 Å². The van der Waals surface area contributed by atoms with Crippen LogP contribution in [0.3, 0.4) is 0 Å². The average molecular weight is 278 g/mol. The van der Waals surface area contributed by atoms with Crippen molar-refractivity contribution in [2.45, 2.75) is 38.3 Å². The summed E-state index contributed by atoms with van der Waals surface area (Å²) >= 11 is 0. The first-order chi connectivity index (χ1) is 9.69. The molecular weight excluding hydrogens is 252 g/mol. The molecule has 20 heavy (non-hydrogen) atoms. The van der Waals surface area contributed by atoms with Gasteiger partial charge in [-0.05, 0) is 49.9 Å². The van der Waals surface area contributed by atoms with Crippen molar-refractivity contribution in [3.63, 3.8) is 0 Å². The molecule has 0 spiro atoms. The zero-order chi connectivity index (χ0) is 14.5. The van der Waals surface area contributed by atoms with Crippen LogP contribution in [0.4, 0.5) is 0 Å². The second-order valence-corrected chi connectivity index (χ2v) is 5.54. The van der Waals surface area contributed by atoms with Crippen molar-refractivity contribution < 1.29 is 9.47 Å². The van der Waals surface area contributed by atoms with Gasteiger partial charge in [0.25, 0.3) is 0 Å². The van der Waals surface area contributed by atoms with E-state index < -0.39 is 0 Å². The minimum atomic E-state index is 0.284. The quantitative estimate of drug-likeness (QED) is 0.839. The van der Waals surface area contributed by atoms with Crippen molar-refractivity contribution in [1.29, 1.82) is 0 Å². The molecule has 1 aliphatic carbocycles. The van der Waals surface area contributed by atoms with E-state index in [0.29, 0.717) is 12.0 Å². The first kappa shape index (κ1) is 15.1. The second kappa shape index (κ2) is 6.95. The maximum Gasteiger partial charge on any atom is 0.161 e. The lowest BCUT2D eigenvalue weighted by Gasteiger charge is -2.25. The maximum absolute atomic E-state index is 5.85. The van der Waals surface area contributed by atoms with E-state index in [4.69, 9.17) is 15.2 Å². The van der Waals surface area contributed by atoms with E-state index >= 15 is 0 Å². The smallest absolute Gasteiger partial charge is 0.161 e. The standard InChI is InChI=1S/C16H26N2O2/c1-11(18-14-6-4-5-13(14)10-17)12-7-8-15(19-2)16(9-12)20-3/h7-9,11,13-14,18H,4-6,10,17H2,1-3H3. The molecule has 0 aliphatic heterocycles. The highest BCUT2D eigenvalue weighted by molar-refractivity contribution is 5.43. The Labute approximate surface area is 121 Å². The van der Waals surface area contributed by atoms with Gasteiger partial charge in [-0.3, -0.25) is 0 Å². The van der Waals surface area contributed by atoms with Crippen molar-refractivity contribution in [3.05, 3.63) is 23.8 Å². The van der Waals surface area contributed by atoms with Crippen LogP contribution in [-0.2, 0) is 0 Å². The van der Waals surface area contributed by atoms with Gasteiger partial charge in [0, 0.05) is 12.1 Å². The summed E-state index contributed by atoms with van der Waals surface area (Å²) in [5.41, 5.74) is 7.06. The second-order valence-electron chi connectivity index (χ2n) is 5.54. The highest BCUT2D eigenvalue weighted by Crippen LogP contribution is 2.31. The third-order valence-electron chi connectivity index (χ3n) is 4.33. The first-order valence-electron chi connectivity index (χ1n) is 7.37. The van der Waals surface area contributed by atoms with Gasteiger partial charge in [0.2, 0.25) is 0 Å². The highest BCUT2D eigenvalue weighted by Gasteiger charge is 2.27. The fourth-order valence-electron chi connectivity index (χ4n) is 3.08. The van der Waals surface area contributed by atoms with Crippen molar-refractivity contribution in [2.24, 2.45) is 11.7 Å². The van der Waals surface area contributed by atoms with Gasteiger partial charge >= 0.3 is 0 Å². The van der Waals surface area contributed by atoms with E-state index in [-0.39, 0.29) is 6.04 Å². The Hall–Kier alpha value is -1.26. The lowest BCUT2D eigenvalue weighted by Crippen LogP contribution is -2.37. The normalized spacial score (nSPS) is 23.6. The van der Waals surface area contributed by atoms with E-state index in [0.717, 1.165) is 18.0 Å². The summed E-state index contributed by atoms with van der Waals surface area (Å²) in [6.07, 6.45) is 3.74. The summed E-state index contributed by atoms with van der Waals surface area (Å²) in [6, 6.07) is 6.91. The molecule has 0 saturated heterocycles. The largest absolute Gasteiger partial charge is 0.493 e. The van der Waals surface area contributed by atoms with Crippen LogP contribution in [0.2, 0.25) is 0 Å². The van der Waals surface area contributed by atoms with Crippen LogP contribution in [0.25, 0.3) is 0 Å². The lowest BCUT2D eigenvalue weighted by atomic mass is 10.0. The van der Waals surface area contributed by atoms with Gasteiger partial charge in [-0.1, -0.05) is 12.5 Å². The van der Waals surface area contributed by atoms with E-state index in [9.17, 15) is 0 Å². The summed E-state index contributed by atoms with van der Waals surface area (Å²) in [5, 5.41) is 3.71. The Morgan fingerprint density at radius 3 is 2.65 bits per heavy atom. The number of methoxy groups -OCH3 is 2. The number of hydrogen-bond acceptors (Lipinski definition) is 4. The topological polar surface area (TPSA) is 56.5 Å². The molecule has 3 atom stereocenters. The van der Waals surface area contributed by atoms with Gasteiger partial charge in [0.05, 0.1) is 14.2 Å². The summed E-state index contributed by atoms with van der Waals surface area (Å²) in [7, 11) is 3.32. The van der Waals surface area contributed by atoms with Gasteiger partial charge in [0.15, 0.2) is 11.5 Å².